The number of carbonyl (C=O) groups excluding carboxylic acids is 1. The molecule has 100 valence electrons. The zero-order valence-electron chi connectivity index (χ0n) is 11.1. The second kappa shape index (κ2) is 5.26. The molecule has 1 aromatic rings. The van der Waals surface area contributed by atoms with Gasteiger partial charge in [0.05, 0.1) is 11.3 Å². The Labute approximate surface area is 111 Å². The van der Waals surface area contributed by atoms with Gasteiger partial charge in [-0.15, -0.1) is 5.10 Å². The summed E-state index contributed by atoms with van der Waals surface area (Å²) in [5.41, 5.74) is -0.164. The maximum atomic E-state index is 11.9. The van der Waals surface area contributed by atoms with E-state index >= 15 is 0 Å². The van der Waals surface area contributed by atoms with Crippen molar-refractivity contribution in [2.45, 2.75) is 44.3 Å². The third-order valence-corrected chi connectivity index (χ3v) is 3.76. The number of hydrogen-bond donors (Lipinski definition) is 0. The first-order valence-corrected chi connectivity index (χ1v) is 7.16. The van der Waals surface area contributed by atoms with Gasteiger partial charge in [-0.05, 0) is 44.0 Å². The Bertz CT molecular complexity index is 419. The summed E-state index contributed by atoms with van der Waals surface area (Å²) in [4.78, 5) is 13.8. The molecule has 1 amide bonds. The van der Waals surface area contributed by atoms with Gasteiger partial charge in [0.1, 0.15) is 0 Å². The topological polar surface area (TPSA) is 63.9 Å². The van der Waals surface area contributed by atoms with Gasteiger partial charge in [0, 0.05) is 13.1 Å². The van der Waals surface area contributed by atoms with Gasteiger partial charge >= 0.3 is 0 Å². The lowest BCUT2D eigenvalue weighted by Gasteiger charge is -2.20. The monoisotopic (exact) mass is 269 g/mol. The van der Waals surface area contributed by atoms with Gasteiger partial charge in [0.15, 0.2) is 0 Å². The number of tetrazole rings is 1. The molecule has 1 aliphatic rings. The minimum atomic E-state index is -0.164. The average Bonchev–Trinajstić information content (AvgIpc) is 2.95. The normalized spacial score (nSPS) is 16.3. The van der Waals surface area contributed by atoms with Crippen LogP contribution in [0.3, 0.4) is 0 Å². The van der Waals surface area contributed by atoms with Crippen LogP contribution in [-0.2, 0) is 10.3 Å². The molecule has 0 radical (unpaired) electrons. The van der Waals surface area contributed by atoms with Crippen LogP contribution in [0.2, 0.25) is 0 Å². The molecule has 7 heteroatoms. The van der Waals surface area contributed by atoms with E-state index in [9.17, 15) is 4.79 Å². The molecule has 1 fully saturated rings. The fourth-order valence-electron chi connectivity index (χ4n) is 1.87. The molecule has 0 aliphatic carbocycles. The van der Waals surface area contributed by atoms with Crippen molar-refractivity contribution in [3.63, 3.8) is 0 Å². The summed E-state index contributed by atoms with van der Waals surface area (Å²) in [5, 5.41) is 12.3. The van der Waals surface area contributed by atoms with Crippen molar-refractivity contribution in [2.24, 2.45) is 0 Å². The number of hydrogen-bond acceptors (Lipinski definition) is 5. The summed E-state index contributed by atoms with van der Waals surface area (Å²) < 4.78 is 1.76. The Kier molecular flexibility index (Phi) is 3.89. The minimum Gasteiger partial charge on any atom is -0.342 e. The third-order valence-electron chi connectivity index (χ3n) is 2.86. The summed E-state index contributed by atoms with van der Waals surface area (Å²) >= 11 is 1.41. The minimum absolute atomic E-state index is 0.164. The van der Waals surface area contributed by atoms with Crippen LogP contribution >= 0.6 is 11.8 Å². The molecule has 1 saturated heterocycles. The molecule has 0 saturated carbocycles. The van der Waals surface area contributed by atoms with Gasteiger partial charge in [0.25, 0.3) is 0 Å². The highest BCUT2D eigenvalue weighted by Crippen LogP contribution is 2.22. The Balaban J connectivity index is 1.94. The van der Waals surface area contributed by atoms with Crippen LogP contribution in [0.4, 0.5) is 0 Å². The maximum absolute atomic E-state index is 11.9. The first kappa shape index (κ1) is 13.3. The number of aromatic nitrogens is 4. The number of carbonyl (C=O) groups is 1. The van der Waals surface area contributed by atoms with E-state index < -0.39 is 0 Å². The van der Waals surface area contributed by atoms with E-state index in [0.29, 0.717) is 10.9 Å². The van der Waals surface area contributed by atoms with Crippen LogP contribution in [0.1, 0.15) is 33.6 Å². The first-order valence-electron chi connectivity index (χ1n) is 6.18. The molecule has 18 heavy (non-hydrogen) atoms. The number of nitrogens with zero attached hydrogens (tertiary/aromatic N) is 5. The van der Waals surface area contributed by atoms with Crippen molar-refractivity contribution in [1.82, 2.24) is 25.1 Å². The number of amides is 1. The molecule has 0 unspecified atom stereocenters. The lowest BCUT2D eigenvalue weighted by Crippen LogP contribution is -2.29. The van der Waals surface area contributed by atoms with Crippen LogP contribution < -0.4 is 0 Å². The largest absolute Gasteiger partial charge is 0.342 e. The lowest BCUT2D eigenvalue weighted by molar-refractivity contribution is -0.127. The lowest BCUT2D eigenvalue weighted by atomic mass is 10.1. The standard InChI is InChI=1S/C11H19N5OS/c1-11(2,3)16-10(12-13-14-16)18-8-9(17)15-6-4-5-7-15/h4-8H2,1-3H3. The second-order valence-corrected chi connectivity index (χ2v) is 6.36. The Morgan fingerprint density at radius 1 is 1.33 bits per heavy atom. The number of likely N-dealkylation sites (tertiary alicyclic amines) is 1. The highest BCUT2D eigenvalue weighted by atomic mass is 32.2. The Hall–Kier alpha value is -1.11. The van der Waals surface area contributed by atoms with E-state index in [-0.39, 0.29) is 11.4 Å². The SMILES string of the molecule is CC(C)(C)n1nnnc1SCC(=O)N1CCCC1. The van der Waals surface area contributed by atoms with Gasteiger partial charge in [-0.25, -0.2) is 4.68 Å². The molecule has 2 rings (SSSR count). The molecule has 1 aromatic heterocycles. The predicted octanol–water partition coefficient (Wildman–Crippen LogP) is 1.14. The van der Waals surface area contributed by atoms with Crippen LogP contribution in [0, 0.1) is 0 Å². The molecule has 0 aromatic carbocycles. The zero-order valence-corrected chi connectivity index (χ0v) is 11.9. The Morgan fingerprint density at radius 3 is 2.61 bits per heavy atom. The smallest absolute Gasteiger partial charge is 0.233 e. The molecule has 0 N–H and O–H groups in total. The highest BCUT2D eigenvalue weighted by molar-refractivity contribution is 7.99. The van der Waals surface area contributed by atoms with Gasteiger partial charge in [-0.2, -0.15) is 0 Å². The molecule has 1 aliphatic heterocycles. The summed E-state index contributed by atoms with van der Waals surface area (Å²) in [6.45, 7) is 7.90. The number of thioether (sulfide) groups is 1. The van der Waals surface area contributed by atoms with E-state index in [0.717, 1.165) is 25.9 Å². The second-order valence-electron chi connectivity index (χ2n) is 5.42. The molecule has 0 bridgehead atoms. The molecule has 0 spiro atoms. The van der Waals surface area contributed by atoms with E-state index in [1.165, 1.54) is 11.8 Å². The molecule has 2 heterocycles. The van der Waals surface area contributed by atoms with Crippen molar-refractivity contribution in [3.05, 3.63) is 0 Å². The van der Waals surface area contributed by atoms with Gasteiger partial charge in [0.2, 0.25) is 11.1 Å². The first-order chi connectivity index (χ1) is 8.48. The van der Waals surface area contributed by atoms with Crippen LogP contribution in [0.15, 0.2) is 5.16 Å². The van der Waals surface area contributed by atoms with Crippen molar-refractivity contribution in [1.29, 1.82) is 0 Å². The predicted molar refractivity (Wildman–Crippen MR) is 69.4 cm³/mol. The highest BCUT2D eigenvalue weighted by Gasteiger charge is 2.22. The van der Waals surface area contributed by atoms with E-state index in [2.05, 4.69) is 15.5 Å². The average molecular weight is 269 g/mol. The van der Waals surface area contributed by atoms with Gasteiger partial charge in [-0.1, -0.05) is 11.8 Å². The van der Waals surface area contributed by atoms with E-state index in [1.54, 1.807) is 4.68 Å². The third kappa shape index (κ3) is 3.01. The molecular formula is C11H19N5OS. The summed E-state index contributed by atoms with van der Waals surface area (Å²) in [5.74, 6) is 0.595. The fraction of sp³-hybridized carbons (Fsp3) is 0.818. The molecule has 0 atom stereocenters. The Morgan fingerprint density at radius 2 is 2.00 bits per heavy atom. The van der Waals surface area contributed by atoms with Crippen LogP contribution in [0.25, 0.3) is 0 Å². The van der Waals surface area contributed by atoms with E-state index in [4.69, 9.17) is 0 Å². The summed E-state index contributed by atoms with van der Waals surface area (Å²) in [6, 6.07) is 0. The van der Waals surface area contributed by atoms with Gasteiger partial charge < -0.3 is 4.90 Å². The zero-order chi connectivity index (χ0) is 13.2. The van der Waals surface area contributed by atoms with E-state index in [1.807, 2.05) is 25.7 Å². The van der Waals surface area contributed by atoms with Crippen LogP contribution in [-0.4, -0.2) is 49.9 Å². The summed E-state index contributed by atoms with van der Waals surface area (Å²) in [7, 11) is 0. The maximum Gasteiger partial charge on any atom is 0.233 e. The van der Waals surface area contributed by atoms with Crippen molar-refractivity contribution >= 4 is 17.7 Å². The van der Waals surface area contributed by atoms with Gasteiger partial charge in [-0.3, -0.25) is 4.79 Å². The van der Waals surface area contributed by atoms with Crippen molar-refractivity contribution < 1.29 is 4.79 Å². The fourth-order valence-corrected chi connectivity index (χ4v) is 2.84. The summed E-state index contributed by atoms with van der Waals surface area (Å²) in [6.07, 6.45) is 2.24. The molecule has 6 nitrogen and oxygen atoms in total. The molecular weight excluding hydrogens is 250 g/mol. The quantitative estimate of drug-likeness (QED) is 0.770. The van der Waals surface area contributed by atoms with Crippen LogP contribution in [0.5, 0.6) is 0 Å². The van der Waals surface area contributed by atoms with Crippen molar-refractivity contribution in [3.8, 4) is 0 Å². The number of rotatable bonds is 3. The van der Waals surface area contributed by atoms with Crippen molar-refractivity contribution in [2.75, 3.05) is 18.8 Å².